The van der Waals surface area contributed by atoms with Crippen LogP contribution in [0.5, 0.6) is 11.5 Å². The molecule has 0 aromatic heterocycles. The van der Waals surface area contributed by atoms with Gasteiger partial charge >= 0.3 is 0 Å². The first-order valence-corrected chi connectivity index (χ1v) is 8.15. The van der Waals surface area contributed by atoms with Crippen LogP contribution in [0, 0.1) is 0 Å². The number of nitrogens with one attached hydrogen (secondary N) is 1. The molecule has 2 aromatic carbocycles. The van der Waals surface area contributed by atoms with Crippen LogP contribution in [0.15, 0.2) is 40.9 Å². The van der Waals surface area contributed by atoms with Crippen LogP contribution in [0.3, 0.4) is 0 Å². The molecule has 2 nitrogen and oxygen atoms in total. The van der Waals surface area contributed by atoms with E-state index in [2.05, 4.69) is 35.1 Å². The highest BCUT2D eigenvalue weighted by molar-refractivity contribution is 9.10. The predicted molar refractivity (Wildman–Crippen MR) is 92.7 cm³/mol. The summed E-state index contributed by atoms with van der Waals surface area (Å²) in [5, 5.41) is 4.61. The van der Waals surface area contributed by atoms with Crippen molar-refractivity contribution in [2.24, 2.45) is 0 Å². The molecule has 0 radical (unpaired) electrons. The molecule has 0 aliphatic rings. The molecule has 1 N–H and O–H groups in total. The molecule has 2 aromatic rings. The number of rotatable bonds is 5. The monoisotopic (exact) mass is 387 g/mol. The zero-order valence-electron chi connectivity index (χ0n) is 11.8. The molecule has 0 heterocycles. The van der Waals surface area contributed by atoms with E-state index in [0.717, 1.165) is 15.8 Å². The van der Waals surface area contributed by atoms with Crippen LogP contribution in [-0.2, 0) is 6.54 Å². The Morgan fingerprint density at radius 1 is 1.10 bits per heavy atom. The first-order chi connectivity index (χ1) is 9.95. The molecular formula is C16H16BrCl2NO. The minimum atomic E-state index is 0.381. The maximum atomic E-state index is 6.17. The van der Waals surface area contributed by atoms with E-state index in [4.69, 9.17) is 27.9 Å². The van der Waals surface area contributed by atoms with Gasteiger partial charge in [-0.2, -0.15) is 0 Å². The molecule has 0 bridgehead atoms. The number of benzene rings is 2. The van der Waals surface area contributed by atoms with Crippen molar-refractivity contribution in [3.8, 4) is 11.5 Å². The molecule has 5 heteroatoms. The lowest BCUT2D eigenvalue weighted by atomic mass is 10.2. The van der Waals surface area contributed by atoms with Gasteiger partial charge in [0.05, 0.1) is 5.02 Å². The Bertz CT molecular complexity index is 632. The summed E-state index contributed by atoms with van der Waals surface area (Å²) in [4.78, 5) is 0. The molecule has 0 saturated carbocycles. The van der Waals surface area contributed by atoms with Gasteiger partial charge in [0.1, 0.15) is 11.5 Å². The molecule has 0 fully saturated rings. The zero-order valence-corrected chi connectivity index (χ0v) is 14.9. The Hall–Kier alpha value is -0.740. The normalized spacial score (nSPS) is 11.0. The van der Waals surface area contributed by atoms with Crippen LogP contribution >= 0.6 is 39.1 Å². The quantitative estimate of drug-likeness (QED) is 0.673. The summed E-state index contributed by atoms with van der Waals surface area (Å²) in [6.07, 6.45) is 0. The van der Waals surface area contributed by atoms with Crippen LogP contribution in [0.4, 0.5) is 0 Å². The summed E-state index contributed by atoms with van der Waals surface area (Å²) in [7, 11) is 0. The smallest absolute Gasteiger partial charge is 0.147 e. The summed E-state index contributed by atoms with van der Waals surface area (Å²) in [5.74, 6) is 1.35. The van der Waals surface area contributed by atoms with Gasteiger partial charge in [0, 0.05) is 27.6 Å². The van der Waals surface area contributed by atoms with Crippen LogP contribution in [0.1, 0.15) is 19.4 Å². The number of hydrogen-bond acceptors (Lipinski definition) is 2. The lowest BCUT2D eigenvalue weighted by Gasteiger charge is -2.15. The summed E-state index contributed by atoms with van der Waals surface area (Å²) in [5.41, 5.74) is 0.993. The first-order valence-electron chi connectivity index (χ1n) is 6.60. The van der Waals surface area contributed by atoms with Crippen molar-refractivity contribution in [3.05, 3.63) is 56.5 Å². The van der Waals surface area contributed by atoms with Crippen LogP contribution in [0.25, 0.3) is 0 Å². The Balaban J connectivity index is 2.28. The SMILES string of the molecule is CC(C)NCc1cc(Cl)ccc1Oc1cc(Br)ccc1Cl. The number of hydrogen-bond donors (Lipinski definition) is 1. The molecule has 2 rings (SSSR count). The van der Waals surface area contributed by atoms with E-state index in [1.165, 1.54) is 0 Å². The molecule has 0 saturated heterocycles. The van der Waals surface area contributed by atoms with E-state index >= 15 is 0 Å². The fourth-order valence-corrected chi connectivity index (χ4v) is 2.46. The fourth-order valence-electron chi connectivity index (χ4n) is 1.77. The Kier molecular flexibility index (Phi) is 5.94. The predicted octanol–water partition coefficient (Wildman–Crippen LogP) is 6.05. The maximum Gasteiger partial charge on any atom is 0.147 e. The second-order valence-electron chi connectivity index (χ2n) is 4.96. The standard InChI is InChI=1S/C16H16BrCl2NO/c1-10(2)20-9-11-7-13(18)4-6-15(11)21-16-8-12(17)3-5-14(16)19/h3-8,10,20H,9H2,1-2H3. The molecule has 0 atom stereocenters. The average molecular weight is 389 g/mol. The third-order valence-corrected chi connectivity index (χ3v) is 3.88. The van der Waals surface area contributed by atoms with Gasteiger partial charge in [-0.3, -0.25) is 0 Å². The van der Waals surface area contributed by atoms with Crippen LogP contribution < -0.4 is 10.1 Å². The molecule has 21 heavy (non-hydrogen) atoms. The van der Waals surface area contributed by atoms with Gasteiger partial charge in [-0.25, -0.2) is 0 Å². The van der Waals surface area contributed by atoms with E-state index in [9.17, 15) is 0 Å². The summed E-state index contributed by atoms with van der Waals surface area (Å²) in [6, 6.07) is 11.5. The van der Waals surface area contributed by atoms with Gasteiger partial charge in [0.15, 0.2) is 0 Å². The van der Waals surface area contributed by atoms with E-state index in [1.807, 2.05) is 30.3 Å². The Morgan fingerprint density at radius 3 is 2.57 bits per heavy atom. The Morgan fingerprint density at radius 2 is 1.86 bits per heavy atom. The van der Waals surface area contributed by atoms with Crippen molar-refractivity contribution in [2.45, 2.75) is 26.4 Å². The molecule has 0 amide bonds. The minimum Gasteiger partial charge on any atom is -0.455 e. The lowest BCUT2D eigenvalue weighted by molar-refractivity contribution is 0.469. The van der Waals surface area contributed by atoms with Gasteiger partial charge < -0.3 is 10.1 Å². The first kappa shape index (κ1) is 16.6. The van der Waals surface area contributed by atoms with E-state index in [0.29, 0.717) is 28.4 Å². The van der Waals surface area contributed by atoms with Crippen molar-refractivity contribution in [1.82, 2.24) is 5.32 Å². The fraction of sp³-hybridized carbons (Fsp3) is 0.250. The van der Waals surface area contributed by atoms with Crippen molar-refractivity contribution in [3.63, 3.8) is 0 Å². The van der Waals surface area contributed by atoms with Crippen LogP contribution in [0.2, 0.25) is 10.0 Å². The molecule has 0 spiro atoms. The van der Waals surface area contributed by atoms with Crippen molar-refractivity contribution >= 4 is 39.1 Å². The highest BCUT2D eigenvalue weighted by atomic mass is 79.9. The van der Waals surface area contributed by atoms with Gasteiger partial charge in [0.25, 0.3) is 0 Å². The number of ether oxygens (including phenoxy) is 1. The average Bonchev–Trinajstić information content (AvgIpc) is 2.43. The molecule has 0 aliphatic heterocycles. The van der Waals surface area contributed by atoms with Gasteiger partial charge in [0.2, 0.25) is 0 Å². The summed E-state index contributed by atoms with van der Waals surface area (Å²) < 4.78 is 6.86. The summed E-state index contributed by atoms with van der Waals surface area (Å²) >= 11 is 15.7. The second kappa shape index (κ2) is 7.50. The largest absolute Gasteiger partial charge is 0.455 e. The van der Waals surface area contributed by atoms with E-state index in [1.54, 1.807) is 6.07 Å². The minimum absolute atomic E-state index is 0.381. The van der Waals surface area contributed by atoms with E-state index in [-0.39, 0.29) is 0 Å². The number of halogens is 3. The maximum absolute atomic E-state index is 6.17. The van der Waals surface area contributed by atoms with Crippen molar-refractivity contribution in [2.75, 3.05) is 0 Å². The molecule has 0 unspecified atom stereocenters. The summed E-state index contributed by atoms with van der Waals surface area (Å²) in [6.45, 7) is 4.87. The topological polar surface area (TPSA) is 21.3 Å². The third-order valence-electron chi connectivity index (χ3n) is 2.84. The van der Waals surface area contributed by atoms with Crippen molar-refractivity contribution < 1.29 is 4.74 Å². The highest BCUT2D eigenvalue weighted by Crippen LogP contribution is 2.34. The second-order valence-corrected chi connectivity index (χ2v) is 6.72. The van der Waals surface area contributed by atoms with E-state index < -0.39 is 0 Å². The highest BCUT2D eigenvalue weighted by Gasteiger charge is 2.09. The lowest BCUT2D eigenvalue weighted by Crippen LogP contribution is -2.22. The van der Waals surface area contributed by atoms with Gasteiger partial charge in [-0.1, -0.05) is 53.0 Å². The molecule has 112 valence electrons. The Labute approximate surface area is 143 Å². The zero-order chi connectivity index (χ0) is 15.4. The van der Waals surface area contributed by atoms with Crippen LogP contribution in [-0.4, -0.2) is 6.04 Å². The van der Waals surface area contributed by atoms with Crippen molar-refractivity contribution in [1.29, 1.82) is 0 Å². The molecular weight excluding hydrogens is 373 g/mol. The van der Waals surface area contributed by atoms with Gasteiger partial charge in [-0.05, 0) is 36.4 Å². The third kappa shape index (κ3) is 4.89. The van der Waals surface area contributed by atoms with Gasteiger partial charge in [-0.15, -0.1) is 0 Å². The molecule has 0 aliphatic carbocycles.